The maximum absolute atomic E-state index is 12.8. The molecule has 1 aromatic rings. The topological polar surface area (TPSA) is 69.6 Å². The fraction of sp³-hybridized carbons (Fsp3) is 0.600. The molecule has 1 amide bonds. The van der Waals surface area contributed by atoms with Gasteiger partial charge in [0.15, 0.2) is 0 Å². The van der Waals surface area contributed by atoms with Crippen LogP contribution in [0.2, 0.25) is 0 Å². The Hall–Kier alpha value is -2.09. The van der Waals surface area contributed by atoms with Gasteiger partial charge in [-0.25, -0.2) is 0 Å². The summed E-state index contributed by atoms with van der Waals surface area (Å²) in [7, 11) is 1.92. The molecule has 1 saturated heterocycles. The zero-order valence-electron chi connectivity index (χ0n) is 15.8. The van der Waals surface area contributed by atoms with Gasteiger partial charge in [0.05, 0.1) is 5.56 Å². The number of carbonyl (C=O) groups is 2. The van der Waals surface area contributed by atoms with E-state index in [1.807, 2.05) is 7.05 Å². The summed E-state index contributed by atoms with van der Waals surface area (Å²) in [5, 5.41) is 12.2. The number of benzene rings is 1. The molecule has 28 heavy (non-hydrogen) atoms. The Kier molecular flexibility index (Phi) is 5.70. The molecule has 3 rings (SSSR count). The standard InChI is InChI=1S/C20H25F3N2O3/c1-25-11-2-4-14(12-24-17(26)19(18(27)28)9-3-10-19)16(25)13-5-7-15(8-6-13)20(21,22)23/h5-8,14,16H,2-4,9-12H2,1H3,(H,24,26)(H,27,28). The summed E-state index contributed by atoms with van der Waals surface area (Å²) in [6, 6.07) is 5.03. The van der Waals surface area contributed by atoms with E-state index in [-0.39, 0.29) is 12.0 Å². The van der Waals surface area contributed by atoms with Crippen molar-refractivity contribution >= 4 is 11.9 Å². The highest BCUT2D eigenvalue weighted by atomic mass is 19.4. The van der Waals surface area contributed by atoms with E-state index in [1.165, 1.54) is 12.1 Å². The smallest absolute Gasteiger partial charge is 0.416 e. The number of carboxylic acids is 1. The average Bonchev–Trinajstić information content (AvgIpc) is 2.58. The van der Waals surface area contributed by atoms with Crippen LogP contribution in [0.4, 0.5) is 13.2 Å². The van der Waals surface area contributed by atoms with E-state index < -0.39 is 29.0 Å². The van der Waals surface area contributed by atoms with Crippen LogP contribution in [-0.2, 0) is 15.8 Å². The first kappa shape index (κ1) is 20.6. The molecule has 1 aliphatic heterocycles. The van der Waals surface area contributed by atoms with Crippen LogP contribution in [0.3, 0.4) is 0 Å². The molecule has 2 unspecified atom stereocenters. The molecule has 1 aliphatic carbocycles. The van der Waals surface area contributed by atoms with Gasteiger partial charge in [-0.15, -0.1) is 0 Å². The number of hydrogen-bond donors (Lipinski definition) is 2. The zero-order valence-corrected chi connectivity index (χ0v) is 15.8. The van der Waals surface area contributed by atoms with E-state index >= 15 is 0 Å². The summed E-state index contributed by atoms with van der Waals surface area (Å²) in [5.41, 5.74) is -1.23. The number of likely N-dealkylation sites (tertiary alicyclic amines) is 1. The number of rotatable bonds is 5. The van der Waals surface area contributed by atoms with E-state index in [2.05, 4.69) is 10.2 Å². The van der Waals surface area contributed by atoms with Crippen molar-refractivity contribution in [3.8, 4) is 0 Å². The summed E-state index contributed by atoms with van der Waals surface area (Å²) in [4.78, 5) is 26.0. The van der Waals surface area contributed by atoms with Crippen molar-refractivity contribution in [2.24, 2.45) is 11.3 Å². The number of carbonyl (C=O) groups excluding carboxylic acids is 1. The van der Waals surface area contributed by atoms with Gasteiger partial charge in [-0.05, 0) is 62.9 Å². The van der Waals surface area contributed by atoms with Crippen molar-refractivity contribution < 1.29 is 27.9 Å². The molecule has 8 heteroatoms. The molecular weight excluding hydrogens is 373 g/mol. The molecule has 2 fully saturated rings. The molecule has 2 N–H and O–H groups in total. The van der Waals surface area contributed by atoms with E-state index in [9.17, 15) is 27.9 Å². The van der Waals surface area contributed by atoms with Gasteiger partial charge in [0.25, 0.3) is 0 Å². The lowest BCUT2D eigenvalue weighted by atomic mass is 9.68. The Morgan fingerprint density at radius 2 is 1.86 bits per heavy atom. The Balaban J connectivity index is 1.72. The maximum atomic E-state index is 12.8. The molecule has 2 aliphatic rings. The molecule has 2 atom stereocenters. The van der Waals surface area contributed by atoms with E-state index in [1.54, 1.807) is 0 Å². The highest BCUT2D eigenvalue weighted by molar-refractivity contribution is 6.02. The summed E-state index contributed by atoms with van der Waals surface area (Å²) >= 11 is 0. The molecule has 1 saturated carbocycles. The van der Waals surface area contributed by atoms with Crippen LogP contribution in [0.25, 0.3) is 0 Å². The second-order valence-electron chi connectivity index (χ2n) is 7.90. The minimum atomic E-state index is -4.38. The number of nitrogens with one attached hydrogen (secondary N) is 1. The van der Waals surface area contributed by atoms with Crippen molar-refractivity contribution in [3.05, 3.63) is 35.4 Å². The molecule has 1 heterocycles. The first-order chi connectivity index (χ1) is 13.1. The second kappa shape index (κ2) is 7.73. The number of piperidine rings is 1. The van der Waals surface area contributed by atoms with Gasteiger partial charge in [0.1, 0.15) is 5.41 Å². The fourth-order valence-electron chi connectivity index (χ4n) is 4.33. The zero-order chi connectivity index (χ0) is 20.5. The number of alkyl halides is 3. The van der Waals surface area contributed by atoms with Crippen LogP contribution < -0.4 is 5.32 Å². The Morgan fingerprint density at radius 1 is 1.21 bits per heavy atom. The molecule has 5 nitrogen and oxygen atoms in total. The van der Waals surface area contributed by atoms with Crippen LogP contribution in [0.5, 0.6) is 0 Å². The quantitative estimate of drug-likeness (QED) is 0.746. The van der Waals surface area contributed by atoms with E-state index in [0.717, 1.165) is 43.5 Å². The highest BCUT2D eigenvalue weighted by Gasteiger charge is 2.51. The number of amides is 1. The minimum absolute atomic E-state index is 0.00496. The lowest BCUT2D eigenvalue weighted by Crippen LogP contribution is -2.52. The van der Waals surface area contributed by atoms with Crippen molar-refractivity contribution in [2.75, 3.05) is 20.1 Å². The van der Waals surface area contributed by atoms with Crippen molar-refractivity contribution in [1.82, 2.24) is 10.2 Å². The number of carboxylic acid groups (broad SMARTS) is 1. The van der Waals surface area contributed by atoms with Gasteiger partial charge >= 0.3 is 12.1 Å². The lowest BCUT2D eigenvalue weighted by molar-refractivity contribution is -0.162. The summed E-state index contributed by atoms with van der Waals surface area (Å²) < 4.78 is 38.5. The van der Waals surface area contributed by atoms with Gasteiger partial charge in [-0.2, -0.15) is 13.2 Å². The Labute approximate surface area is 161 Å². The number of aliphatic carboxylic acids is 1. The molecule has 0 spiro atoms. The van der Waals surface area contributed by atoms with Gasteiger partial charge in [0, 0.05) is 12.6 Å². The minimum Gasteiger partial charge on any atom is -0.480 e. The molecule has 0 aromatic heterocycles. The van der Waals surface area contributed by atoms with Crippen molar-refractivity contribution in [1.29, 1.82) is 0 Å². The fourth-order valence-corrected chi connectivity index (χ4v) is 4.33. The predicted octanol–water partition coefficient (Wildman–Crippen LogP) is 3.46. The van der Waals surface area contributed by atoms with E-state index in [4.69, 9.17) is 0 Å². The summed E-state index contributed by atoms with van der Waals surface area (Å²) in [5.74, 6) is -1.53. The van der Waals surface area contributed by atoms with Crippen LogP contribution in [-0.4, -0.2) is 42.0 Å². The number of hydrogen-bond acceptors (Lipinski definition) is 3. The van der Waals surface area contributed by atoms with E-state index in [0.29, 0.717) is 19.4 Å². The maximum Gasteiger partial charge on any atom is 0.416 e. The largest absolute Gasteiger partial charge is 0.480 e. The van der Waals surface area contributed by atoms with Crippen LogP contribution in [0, 0.1) is 11.3 Å². The lowest BCUT2D eigenvalue weighted by Gasteiger charge is -2.41. The number of halogens is 3. The van der Waals surface area contributed by atoms with Crippen molar-refractivity contribution in [3.63, 3.8) is 0 Å². The summed E-state index contributed by atoms with van der Waals surface area (Å²) in [6.07, 6.45) is -1.23. The Bertz CT molecular complexity index is 729. The predicted molar refractivity (Wildman–Crippen MR) is 96.5 cm³/mol. The van der Waals surface area contributed by atoms with Gasteiger partial charge in [0.2, 0.25) is 5.91 Å². The third-order valence-corrected chi connectivity index (χ3v) is 6.16. The normalized spacial score (nSPS) is 25.0. The Morgan fingerprint density at radius 3 is 2.36 bits per heavy atom. The van der Waals surface area contributed by atoms with Crippen LogP contribution in [0.1, 0.15) is 49.3 Å². The third kappa shape index (κ3) is 3.87. The number of nitrogens with zero attached hydrogens (tertiary/aromatic N) is 1. The summed E-state index contributed by atoms with van der Waals surface area (Å²) in [6.45, 7) is 1.12. The average molecular weight is 398 g/mol. The first-order valence-electron chi connectivity index (χ1n) is 9.54. The first-order valence-corrected chi connectivity index (χ1v) is 9.54. The molecule has 0 bridgehead atoms. The molecule has 1 aromatic carbocycles. The van der Waals surface area contributed by atoms with Crippen LogP contribution in [0.15, 0.2) is 24.3 Å². The third-order valence-electron chi connectivity index (χ3n) is 6.16. The monoisotopic (exact) mass is 398 g/mol. The van der Waals surface area contributed by atoms with Gasteiger partial charge < -0.3 is 10.4 Å². The van der Waals surface area contributed by atoms with Crippen molar-refractivity contribution in [2.45, 2.75) is 44.3 Å². The molecule has 154 valence electrons. The SMILES string of the molecule is CN1CCCC(CNC(=O)C2(C(=O)O)CCC2)C1c1ccc(C(F)(F)F)cc1. The van der Waals surface area contributed by atoms with Crippen LogP contribution >= 0.6 is 0 Å². The second-order valence-corrected chi connectivity index (χ2v) is 7.90. The van der Waals surface area contributed by atoms with Gasteiger partial charge in [-0.1, -0.05) is 18.6 Å². The highest BCUT2D eigenvalue weighted by Crippen LogP contribution is 2.42. The molecule has 0 radical (unpaired) electrons. The van der Waals surface area contributed by atoms with Gasteiger partial charge in [-0.3, -0.25) is 14.5 Å². The molecular formula is C20H25F3N2O3.